The van der Waals surface area contributed by atoms with E-state index in [9.17, 15) is 18.4 Å². The molecule has 0 saturated heterocycles. The van der Waals surface area contributed by atoms with Crippen molar-refractivity contribution >= 4 is 11.2 Å². The molecule has 0 fully saturated rings. The zero-order valence-electron chi connectivity index (χ0n) is 16.6. The van der Waals surface area contributed by atoms with Crippen molar-refractivity contribution in [1.29, 1.82) is 0 Å². The van der Waals surface area contributed by atoms with Crippen molar-refractivity contribution in [2.45, 2.75) is 19.8 Å². The Bertz CT molecular complexity index is 1460. The van der Waals surface area contributed by atoms with Gasteiger partial charge in [0.05, 0.1) is 11.9 Å². The first-order chi connectivity index (χ1) is 14.8. The lowest BCUT2D eigenvalue weighted by atomic mass is 10.1. The molecule has 31 heavy (non-hydrogen) atoms. The molecule has 0 aliphatic heterocycles. The van der Waals surface area contributed by atoms with Crippen LogP contribution in [0.5, 0.6) is 0 Å². The largest absolute Gasteiger partial charge is 0.334 e. The third-order valence-corrected chi connectivity index (χ3v) is 4.58. The van der Waals surface area contributed by atoms with Gasteiger partial charge in [0.25, 0.3) is 5.56 Å². The summed E-state index contributed by atoms with van der Waals surface area (Å²) in [5.74, 6) is 3.24. The molecule has 2 heterocycles. The number of hydrogen-bond acceptors (Lipinski definition) is 4. The predicted molar refractivity (Wildman–Crippen MR) is 112 cm³/mol. The fourth-order valence-corrected chi connectivity index (χ4v) is 3.00. The van der Waals surface area contributed by atoms with Gasteiger partial charge in [0, 0.05) is 11.1 Å². The van der Waals surface area contributed by atoms with E-state index in [1.807, 2.05) is 19.9 Å². The Balaban J connectivity index is 1.87. The number of nitrogens with zero attached hydrogens (tertiary/aromatic N) is 3. The summed E-state index contributed by atoms with van der Waals surface area (Å²) in [4.78, 5) is 35.9. The molecule has 0 unspecified atom stereocenters. The second-order valence-corrected chi connectivity index (χ2v) is 7.12. The number of halogens is 2. The van der Waals surface area contributed by atoms with E-state index >= 15 is 0 Å². The number of rotatable bonds is 2. The fourth-order valence-electron chi connectivity index (χ4n) is 3.00. The lowest BCUT2D eigenvalue weighted by Gasteiger charge is -2.10. The molecule has 4 rings (SSSR count). The lowest BCUT2D eigenvalue weighted by Crippen LogP contribution is -2.35. The van der Waals surface area contributed by atoms with Crippen LogP contribution in [-0.2, 0) is 0 Å². The van der Waals surface area contributed by atoms with Crippen LogP contribution in [0.4, 0.5) is 8.78 Å². The molecule has 0 aliphatic carbocycles. The van der Waals surface area contributed by atoms with Gasteiger partial charge in [-0.05, 0) is 30.2 Å². The van der Waals surface area contributed by atoms with Crippen LogP contribution in [0, 0.1) is 23.5 Å². The van der Waals surface area contributed by atoms with Crippen molar-refractivity contribution in [3.63, 3.8) is 0 Å². The first-order valence-corrected chi connectivity index (χ1v) is 9.43. The summed E-state index contributed by atoms with van der Waals surface area (Å²) in [5.41, 5.74) is -1.77. The molecule has 0 aliphatic rings. The van der Waals surface area contributed by atoms with Gasteiger partial charge in [-0.25, -0.2) is 28.1 Å². The topological polar surface area (TPSA) is 80.6 Å². The summed E-state index contributed by atoms with van der Waals surface area (Å²) in [6, 6.07) is 10.9. The molecule has 4 aromatic rings. The summed E-state index contributed by atoms with van der Waals surface area (Å²) in [7, 11) is 0. The smallest absolute Gasteiger partial charge is 0.290 e. The van der Waals surface area contributed by atoms with Crippen molar-refractivity contribution in [1.82, 2.24) is 19.5 Å². The maximum absolute atomic E-state index is 14.8. The Morgan fingerprint density at radius 2 is 1.65 bits per heavy atom. The molecule has 6 nitrogen and oxygen atoms in total. The normalized spacial score (nSPS) is 10.9. The highest BCUT2D eigenvalue weighted by Gasteiger charge is 2.20. The molecule has 0 atom stereocenters. The SMILES string of the molecule is CC(C)c1cnc2[nH]c(=O)n(-c3c(F)cc(C#Cc4ccccc4)cc3F)c(=O)c2n1. The van der Waals surface area contributed by atoms with E-state index in [1.54, 1.807) is 24.3 Å². The monoisotopic (exact) mass is 418 g/mol. The fraction of sp³-hybridized carbons (Fsp3) is 0.130. The van der Waals surface area contributed by atoms with Crippen LogP contribution in [0.15, 0.2) is 58.3 Å². The molecule has 0 saturated carbocycles. The summed E-state index contributed by atoms with van der Waals surface area (Å²) >= 11 is 0. The van der Waals surface area contributed by atoms with Gasteiger partial charge < -0.3 is 0 Å². The average Bonchev–Trinajstić information content (AvgIpc) is 2.74. The van der Waals surface area contributed by atoms with Gasteiger partial charge in [0.2, 0.25) is 0 Å². The Labute approximate surface area is 175 Å². The van der Waals surface area contributed by atoms with E-state index in [4.69, 9.17) is 0 Å². The van der Waals surface area contributed by atoms with Gasteiger partial charge in [0.1, 0.15) is 5.69 Å². The molecule has 154 valence electrons. The van der Waals surface area contributed by atoms with Crippen molar-refractivity contribution < 1.29 is 8.78 Å². The highest BCUT2D eigenvalue weighted by molar-refractivity contribution is 5.68. The number of hydrogen-bond donors (Lipinski definition) is 1. The third kappa shape index (κ3) is 3.85. The molecule has 0 spiro atoms. The first kappa shape index (κ1) is 20.2. The minimum absolute atomic E-state index is 0.0346. The maximum atomic E-state index is 14.8. The molecular weight excluding hydrogens is 402 g/mol. The zero-order chi connectivity index (χ0) is 22.1. The second-order valence-electron chi connectivity index (χ2n) is 7.12. The Kier molecular flexibility index (Phi) is 5.17. The number of H-pyrrole nitrogens is 1. The van der Waals surface area contributed by atoms with Gasteiger partial charge in [-0.1, -0.05) is 43.9 Å². The van der Waals surface area contributed by atoms with Crippen LogP contribution >= 0.6 is 0 Å². The van der Waals surface area contributed by atoms with Crippen LogP contribution in [0.1, 0.15) is 36.6 Å². The van der Waals surface area contributed by atoms with E-state index in [0.29, 0.717) is 15.8 Å². The van der Waals surface area contributed by atoms with E-state index in [0.717, 1.165) is 12.1 Å². The van der Waals surface area contributed by atoms with Crippen LogP contribution < -0.4 is 11.2 Å². The summed E-state index contributed by atoms with van der Waals surface area (Å²) in [6.45, 7) is 3.71. The maximum Gasteiger partial charge on any atom is 0.334 e. The van der Waals surface area contributed by atoms with Crippen molar-refractivity contribution in [3.8, 4) is 17.5 Å². The van der Waals surface area contributed by atoms with E-state index in [1.165, 1.54) is 6.20 Å². The Morgan fingerprint density at radius 3 is 2.29 bits per heavy atom. The number of nitrogens with one attached hydrogen (secondary N) is 1. The Morgan fingerprint density at radius 1 is 1.00 bits per heavy atom. The standard InChI is InChI=1S/C23H16F2N4O2/c1-13(2)18-12-26-21-19(27-18)22(30)29(23(31)28-21)20-16(24)10-15(11-17(20)25)9-8-14-6-4-3-5-7-14/h3-7,10-13H,1-2H3,(H,26,28,31). The van der Waals surface area contributed by atoms with Crippen molar-refractivity contribution in [2.24, 2.45) is 0 Å². The third-order valence-electron chi connectivity index (χ3n) is 4.58. The molecular formula is C23H16F2N4O2. The van der Waals surface area contributed by atoms with Gasteiger partial charge in [-0.3, -0.25) is 9.78 Å². The minimum atomic E-state index is -1.10. The van der Waals surface area contributed by atoms with Crippen LogP contribution in [0.3, 0.4) is 0 Å². The summed E-state index contributed by atoms with van der Waals surface area (Å²) < 4.78 is 30.1. The first-order valence-electron chi connectivity index (χ1n) is 9.43. The predicted octanol–water partition coefficient (Wildman–Crippen LogP) is 3.27. The van der Waals surface area contributed by atoms with Gasteiger partial charge in [-0.15, -0.1) is 0 Å². The quantitative estimate of drug-likeness (QED) is 0.507. The highest BCUT2D eigenvalue weighted by Crippen LogP contribution is 2.18. The molecule has 0 bridgehead atoms. The van der Waals surface area contributed by atoms with Gasteiger partial charge in [0.15, 0.2) is 22.8 Å². The Hall–Kier alpha value is -4.12. The molecule has 0 radical (unpaired) electrons. The molecule has 1 N–H and O–H groups in total. The molecule has 2 aromatic carbocycles. The molecule has 0 amide bonds. The number of aromatic nitrogens is 4. The van der Waals surface area contributed by atoms with Crippen molar-refractivity contribution in [3.05, 3.63) is 98.0 Å². The summed E-state index contributed by atoms with van der Waals surface area (Å²) in [6.07, 6.45) is 1.44. The number of aromatic amines is 1. The van der Waals surface area contributed by atoms with E-state index < -0.39 is 28.6 Å². The van der Waals surface area contributed by atoms with Gasteiger partial charge in [-0.2, -0.15) is 0 Å². The number of fused-ring (bicyclic) bond motifs is 1. The second kappa shape index (κ2) is 7.95. The summed E-state index contributed by atoms with van der Waals surface area (Å²) in [5, 5.41) is 0. The van der Waals surface area contributed by atoms with Crippen LogP contribution in [0.2, 0.25) is 0 Å². The van der Waals surface area contributed by atoms with Crippen LogP contribution in [-0.4, -0.2) is 19.5 Å². The molecule has 8 heteroatoms. The van der Waals surface area contributed by atoms with E-state index in [2.05, 4.69) is 26.8 Å². The van der Waals surface area contributed by atoms with E-state index in [-0.39, 0.29) is 22.6 Å². The van der Waals surface area contributed by atoms with Crippen LogP contribution in [0.25, 0.3) is 16.9 Å². The molecule has 2 aromatic heterocycles. The lowest BCUT2D eigenvalue weighted by molar-refractivity contribution is 0.562. The average molecular weight is 418 g/mol. The van der Waals surface area contributed by atoms with Gasteiger partial charge >= 0.3 is 5.69 Å². The van der Waals surface area contributed by atoms with Crippen molar-refractivity contribution in [2.75, 3.05) is 0 Å². The zero-order valence-corrected chi connectivity index (χ0v) is 16.6. The number of benzene rings is 2. The highest BCUT2D eigenvalue weighted by atomic mass is 19.1. The minimum Gasteiger partial charge on any atom is -0.290 e.